The van der Waals surface area contributed by atoms with Crippen LogP contribution in [0.25, 0.3) is 17.2 Å². The van der Waals surface area contributed by atoms with E-state index in [0.29, 0.717) is 116 Å². The number of aliphatic hydroxyl groups is 3. The van der Waals surface area contributed by atoms with E-state index in [1.165, 1.54) is 30.0 Å². The standard InChI is InChI=1S/C86H94N4O11S2/c1-48(93)98-44-66-59-21-22-61-73-55(38-58(94)39-70(73)99-47-92)40-84-31-30-83(46-84)32-33-85(96)28-6-7-29-86(85)56-20-18-51-13-9-15-67-64(42-91)65(43-97-2)53(36-54(51)37-56)17-16-52(19-25-68-60(82(83)86)24-27-72(87)90-68)74-63(41-88-67)77(95)80-62(75(74)78(66)100-79(59)76(61)84)23-26-69-81(101-80)71(35-49-10-4-3-5-11-49)103-102-45-50-12-8-14-57(34-50)89-69/h3-5,10-11,18,20-24,26-27,32-33,37-39,50,52-53,57,64-67,69,71-72,78,81-82,88-92,94-96H,6-9,12-15,28-31,34-36,40-47,87H2,1-2H3/t50-,52+,53-,57+,64-,65-,66-,67+,69+,71+,72?,78-,81+,82+,83+,84-,85-,86+/m0/s1. The summed E-state index contributed by atoms with van der Waals surface area (Å²) in [6.45, 7) is 1.06. The maximum atomic E-state index is 14.4. The number of dihydropyridines is 1. The fraction of sp³-hybridized carbons (Fsp3) is 0.500. The first kappa shape index (κ1) is 67.7. The van der Waals surface area contributed by atoms with Crippen LogP contribution >= 0.6 is 21.6 Å². The number of hydrogen-bond acceptors (Lipinski definition) is 17. The molecule has 6 aliphatic heterocycles. The Labute approximate surface area is 612 Å². The van der Waals surface area contributed by atoms with Crippen LogP contribution in [0.3, 0.4) is 0 Å². The number of rotatable bonds is 9. The van der Waals surface area contributed by atoms with Gasteiger partial charge in [-0.05, 0) is 164 Å². The number of carbonyl (C=O) groups excluding carboxylic acids is 1. The summed E-state index contributed by atoms with van der Waals surface area (Å²) in [5.74, 6) is 15.3. The van der Waals surface area contributed by atoms with Crippen molar-refractivity contribution in [2.45, 2.75) is 193 Å². The fourth-order valence-corrected chi connectivity index (χ4v) is 25.5. The van der Waals surface area contributed by atoms with Crippen molar-refractivity contribution < 1.29 is 54.0 Å². The molecular formula is C86H94N4O11S2. The Bertz CT molecular complexity index is 4510. The number of benzene rings is 5. The highest BCUT2D eigenvalue weighted by Crippen LogP contribution is 2.73. The van der Waals surface area contributed by atoms with Gasteiger partial charge in [-0.25, -0.2) is 0 Å². The molecular weight excluding hydrogens is 1330 g/mol. The van der Waals surface area contributed by atoms with E-state index in [1.54, 1.807) is 13.2 Å². The van der Waals surface area contributed by atoms with E-state index < -0.39 is 76.7 Å². The maximum Gasteiger partial charge on any atom is 0.302 e. The quantitative estimate of drug-likeness (QED) is 0.0220. The summed E-state index contributed by atoms with van der Waals surface area (Å²) in [5.41, 5.74) is 16.7. The van der Waals surface area contributed by atoms with Gasteiger partial charge in [-0.2, -0.15) is 0 Å². The van der Waals surface area contributed by atoms with Gasteiger partial charge >= 0.3 is 5.97 Å². The second-order valence-electron chi connectivity index (χ2n) is 32.2. The fourth-order valence-electron chi connectivity index (χ4n) is 22.3. The van der Waals surface area contributed by atoms with Crippen LogP contribution in [-0.4, -0.2) is 112 Å². The predicted octanol–water partition coefficient (Wildman–Crippen LogP) is 12.2. The lowest BCUT2D eigenvalue weighted by atomic mass is 9.43. The molecule has 0 radical (unpaired) electrons. The molecule has 103 heavy (non-hydrogen) atoms. The van der Waals surface area contributed by atoms with Crippen LogP contribution < -0.4 is 35.9 Å². The second-order valence-corrected chi connectivity index (χ2v) is 34.9. The van der Waals surface area contributed by atoms with E-state index in [-0.39, 0.29) is 66.5 Å². The van der Waals surface area contributed by atoms with E-state index in [0.717, 1.165) is 89.7 Å². The number of carbonyl (C=O) groups is 1. The van der Waals surface area contributed by atoms with Gasteiger partial charge in [0, 0.05) is 119 Å². The van der Waals surface area contributed by atoms with Gasteiger partial charge in [0.05, 0.1) is 41.3 Å². The molecule has 5 aromatic carbocycles. The smallest absolute Gasteiger partial charge is 0.302 e. The van der Waals surface area contributed by atoms with Gasteiger partial charge in [0.1, 0.15) is 42.0 Å². The van der Waals surface area contributed by atoms with Crippen LogP contribution in [0.2, 0.25) is 0 Å². The zero-order chi connectivity index (χ0) is 70.1. The molecule has 13 aliphatic rings. The first-order valence-corrected chi connectivity index (χ1v) is 40.4. The molecule has 0 amide bonds. The summed E-state index contributed by atoms with van der Waals surface area (Å²) in [6.07, 6.45) is 24.5. The summed E-state index contributed by atoms with van der Waals surface area (Å²) in [6, 6.07) is 25.2. The zero-order valence-corrected chi connectivity index (χ0v) is 60.5. The molecule has 1 saturated heterocycles. The minimum absolute atomic E-state index is 0.0263. The van der Waals surface area contributed by atoms with Crippen LogP contribution in [0, 0.1) is 58.7 Å². The summed E-state index contributed by atoms with van der Waals surface area (Å²) >= 11 is 0. The van der Waals surface area contributed by atoms with Crippen molar-refractivity contribution in [2.24, 2.45) is 40.7 Å². The van der Waals surface area contributed by atoms with Crippen molar-refractivity contribution in [1.82, 2.24) is 16.0 Å². The molecule has 3 saturated carbocycles. The molecule has 12 bridgehead atoms. The van der Waals surface area contributed by atoms with Crippen LogP contribution in [-0.2, 0) is 57.3 Å². The normalized spacial score (nSPS) is 35.0. The summed E-state index contributed by atoms with van der Waals surface area (Å²) in [4.78, 5) is 13.8. The number of phenols is 2. The molecule has 15 nitrogen and oxygen atoms in total. The van der Waals surface area contributed by atoms with E-state index in [1.807, 2.05) is 33.7 Å². The summed E-state index contributed by atoms with van der Waals surface area (Å²) in [5, 5.41) is 75.5. The van der Waals surface area contributed by atoms with E-state index in [2.05, 4.69) is 131 Å². The van der Waals surface area contributed by atoms with Crippen molar-refractivity contribution in [1.29, 1.82) is 0 Å². The lowest BCUT2D eigenvalue weighted by molar-refractivity contribution is -0.141. The van der Waals surface area contributed by atoms with E-state index >= 15 is 0 Å². The average molecular weight is 1420 g/mol. The molecule has 10 N–H and O–H groups in total. The number of esters is 1. The third-order valence-corrected chi connectivity index (χ3v) is 29.6. The molecule has 7 aliphatic carbocycles. The predicted molar refractivity (Wildman–Crippen MR) is 400 cm³/mol. The van der Waals surface area contributed by atoms with Gasteiger partial charge in [0.2, 0.25) is 0 Å². The molecule has 3 spiro atoms. The van der Waals surface area contributed by atoms with Gasteiger partial charge in [0.25, 0.3) is 0 Å². The van der Waals surface area contributed by atoms with Crippen LogP contribution in [0.5, 0.6) is 28.7 Å². The topological polar surface area (TPSA) is 226 Å². The van der Waals surface area contributed by atoms with Crippen LogP contribution in [0.4, 0.5) is 0 Å². The number of methoxy groups -OCH3 is 1. The van der Waals surface area contributed by atoms with Crippen LogP contribution in [0.1, 0.15) is 170 Å². The number of allylic oxidation sites excluding steroid dienone is 4. The minimum Gasteiger partial charge on any atom is -0.508 e. The highest BCUT2D eigenvalue weighted by atomic mass is 33.1. The Morgan fingerprint density at radius 2 is 1.74 bits per heavy atom. The van der Waals surface area contributed by atoms with Gasteiger partial charge in [-0.1, -0.05) is 150 Å². The SMILES string of the molecule is COC[C@@H]1[C@H](CO)[C@H]2CCCc3ccc4cc3C[C@@H]1C#C[C@@H]1C#CC3=C(C=CC(N)N3)[C@@H]3[C@@]5(C=C[C@@]6(O)CCCC[C@@]436)CC[C@]3(Cc4cc(O)cc(OCO)c4-c4ccc6c(c43)O[C@H](c3c4c(c(O)c(c31)CN2)O[C@@H]1[C@@H](C=C4)N[C@@H]2CCC[C@H](CSS[C@@H]1Cc1ccccc1)C2)[C@H]6COC(C)=O)C5. The third-order valence-electron chi connectivity index (χ3n) is 26.6. The number of aliphatic hydroxyl groups excluding tert-OH is 2. The van der Waals surface area contributed by atoms with E-state index in [4.69, 9.17) is 29.4 Å². The first-order chi connectivity index (χ1) is 50.2. The van der Waals surface area contributed by atoms with Crippen molar-refractivity contribution >= 4 is 33.6 Å². The summed E-state index contributed by atoms with van der Waals surface area (Å²) in [7, 11) is 5.57. The van der Waals surface area contributed by atoms with Crippen LogP contribution in [0.15, 0.2) is 114 Å². The molecule has 18 rings (SSSR count). The molecule has 6 heterocycles. The monoisotopic (exact) mass is 1420 g/mol. The third kappa shape index (κ3) is 11.2. The van der Waals surface area contributed by atoms with Gasteiger partial charge < -0.3 is 70.9 Å². The van der Waals surface area contributed by atoms with Gasteiger partial charge in [-0.15, -0.1) is 0 Å². The molecule has 0 aromatic heterocycles. The Kier molecular flexibility index (Phi) is 17.6. The Hall–Kier alpha value is -7.13. The zero-order valence-electron chi connectivity index (χ0n) is 58.8. The van der Waals surface area contributed by atoms with E-state index in [9.17, 15) is 30.3 Å². The minimum atomic E-state index is -1.32. The molecule has 1 unspecified atom stereocenters. The summed E-state index contributed by atoms with van der Waals surface area (Å²) < 4.78 is 35.2. The largest absolute Gasteiger partial charge is 0.508 e. The highest BCUT2D eigenvalue weighted by Gasteiger charge is 2.68. The second kappa shape index (κ2) is 26.7. The number of hydrogen-bond donors (Lipinski definition) is 9. The number of aromatic hydroxyl groups is 2. The molecule has 18 atom stereocenters. The molecule has 17 heteroatoms. The Balaban J connectivity index is 0.992. The molecule has 4 fully saturated rings. The van der Waals surface area contributed by atoms with Crippen molar-refractivity contribution in [2.75, 3.05) is 39.5 Å². The maximum absolute atomic E-state index is 14.4. The lowest BCUT2D eigenvalue weighted by Gasteiger charge is -2.62. The van der Waals surface area contributed by atoms with Gasteiger partial charge in [0.15, 0.2) is 18.3 Å². The Morgan fingerprint density at radius 1 is 0.854 bits per heavy atom. The number of aryl methyl sites for hydroxylation is 1. The average Bonchev–Trinajstić information content (AvgIpc) is 1.60. The number of ether oxygens (including phenoxy) is 5. The molecule has 536 valence electrons. The number of nitrogens with one attached hydrogen (secondary N) is 3. The number of nitrogens with two attached hydrogens (primary N) is 1. The molecule has 5 aromatic rings. The lowest BCUT2D eigenvalue weighted by Crippen LogP contribution is -2.63. The van der Waals surface area contributed by atoms with Crippen molar-refractivity contribution in [3.63, 3.8) is 0 Å². The Morgan fingerprint density at radius 3 is 2.59 bits per heavy atom. The first-order valence-electron chi connectivity index (χ1n) is 38.0. The van der Waals surface area contributed by atoms with Crippen molar-refractivity contribution in [3.8, 4) is 63.6 Å². The van der Waals surface area contributed by atoms with Crippen molar-refractivity contribution in [3.05, 3.63) is 176 Å². The number of phenolic OH excluding ortho intramolecular Hbond substituents is 2. The number of fused-ring (bicyclic) bond motifs is 12. The highest BCUT2D eigenvalue weighted by molar-refractivity contribution is 8.77. The van der Waals surface area contributed by atoms with Gasteiger partial charge in [-0.3, -0.25) is 4.79 Å².